The van der Waals surface area contributed by atoms with E-state index in [2.05, 4.69) is 10.4 Å². The van der Waals surface area contributed by atoms with Gasteiger partial charge in [-0.1, -0.05) is 29.8 Å². The summed E-state index contributed by atoms with van der Waals surface area (Å²) in [6, 6.07) is 10.6. The lowest BCUT2D eigenvalue weighted by Gasteiger charge is -2.14. The summed E-state index contributed by atoms with van der Waals surface area (Å²) in [7, 11) is 1.58. The molecule has 3 rings (SSSR count). The van der Waals surface area contributed by atoms with Gasteiger partial charge in [0.1, 0.15) is 11.0 Å². The molecule has 0 saturated carbocycles. The van der Waals surface area contributed by atoms with Gasteiger partial charge in [0.05, 0.1) is 5.56 Å². The first kappa shape index (κ1) is 23.0. The molecule has 0 bridgehead atoms. The maximum atomic E-state index is 12.8. The van der Waals surface area contributed by atoms with Gasteiger partial charge in [-0.3, -0.25) is 10.2 Å². The molecule has 7 nitrogen and oxygen atoms in total. The Kier molecular flexibility index (Phi) is 6.35. The summed E-state index contributed by atoms with van der Waals surface area (Å²) in [5, 5.41) is 20.0. The van der Waals surface area contributed by atoms with Gasteiger partial charge in [-0.05, 0) is 37.3 Å². The molecule has 3 aromatic rings. The van der Waals surface area contributed by atoms with Crippen molar-refractivity contribution in [2.75, 3.05) is 17.4 Å². The van der Waals surface area contributed by atoms with Crippen LogP contribution in [0.1, 0.15) is 16.7 Å². The van der Waals surface area contributed by atoms with Crippen molar-refractivity contribution in [3.63, 3.8) is 0 Å². The third kappa shape index (κ3) is 4.65. The molecule has 0 aliphatic carbocycles. The van der Waals surface area contributed by atoms with Crippen molar-refractivity contribution in [2.45, 2.75) is 13.1 Å². The number of nitrogens with zero attached hydrogens (tertiary/aromatic N) is 3. The molecule has 2 aromatic heterocycles. The first-order valence-corrected chi connectivity index (χ1v) is 9.53. The van der Waals surface area contributed by atoms with Crippen LogP contribution in [0.5, 0.6) is 11.8 Å². The number of alkyl halides is 3. The van der Waals surface area contributed by atoms with Gasteiger partial charge in [0.25, 0.3) is 5.91 Å². The molecule has 0 spiro atoms. The molecular weight excluding hydrogens is 449 g/mol. The summed E-state index contributed by atoms with van der Waals surface area (Å²) in [4.78, 5) is 17.4. The summed E-state index contributed by atoms with van der Waals surface area (Å²) in [6.45, 7) is 1.49. The highest BCUT2D eigenvalue weighted by molar-refractivity contribution is 6.30. The largest absolute Gasteiger partial charge is 0.493 e. The van der Waals surface area contributed by atoms with Gasteiger partial charge in [-0.15, -0.1) is 0 Å². The number of pyridine rings is 1. The average Bonchev–Trinajstić information content (AvgIpc) is 2.94. The van der Waals surface area contributed by atoms with E-state index in [4.69, 9.17) is 11.6 Å². The molecule has 1 amide bonds. The van der Waals surface area contributed by atoms with Gasteiger partial charge in [0.2, 0.25) is 11.8 Å². The maximum Gasteiger partial charge on any atom is 0.419 e. The number of aromatic hydroxyl groups is 2. The maximum absolute atomic E-state index is 12.8. The molecule has 32 heavy (non-hydrogen) atoms. The van der Waals surface area contributed by atoms with Crippen LogP contribution < -0.4 is 10.3 Å². The molecule has 11 heteroatoms. The Morgan fingerprint density at radius 3 is 2.41 bits per heavy atom. The predicted octanol–water partition coefficient (Wildman–Crippen LogP) is 4.83. The van der Waals surface area contributed by atoms with Crippen LogP contribution in [-0.2, 0) is 11.0 Å². The number of aromatic nitrogens is 2. The molecule has 168 valence electrons. The lowest BCUT2D eigenvalue weighted by atomic mass is 10.2. The molecule has 0 aliphatic heterocycles. The highest BCUT2D eigenvalue weighted by atomic mass is 35.5. The topological polar surface area (TPSA) is 90.6 Å². The van der Waals surface area contributed by atoms with E-state index in [1.807, 2.05) is 6.07 Å². The summed E-state index contributed by atoms with van der Waals surface area (Å²) >= 11 is 5.60. The quantitative estimate of drug-likeness (QED) is 0.370. The molecule has 2 heterocycles. The van der Waals surface area contributed by atoms with Crippen LogP contribution in [0.25, 0.3) is 6.08 Å². The summed E-state index contributed by atoms with van der Waals surface area (Å²) < 4.78 is 39.3. The number of amides is 1. The standard InChI is InChI=1S/C21H18ClF3N4O3/c1-12-14(8-11-17(30)28(2)13-6-4-3-5-7-13)20(32)29(19(12)31)27-16-10-9-15(18(22)26-16)21(23,24)25/h3-11,31-32H,1-2H3,(H,26,27). The van der Waals surface area contributed by atoms with Crippen molar-refractivity contribution in [2.24, 2.45) is 0 Å². The van der Waals surface area contributed by atoms with Crippen LogP contribution >= 0.6 is 11.6 Å². The van der Waals surface area contributed by atoms with Gasteiger partial charge >= 0.3 is 6.18 Å². The lowest BCUT2D eigenvalue weighted by Crippen LogP contribution is -2.23. The molecule has 0 radical (unpaired) electrons. The lowest BCUT2D eigenvalue weighted by molar-refractivity contribution is -0.137. The smallest absolute Gasteiger partial charge is 0.419 e. The Bertz CT molecular complexity index is 1180. The van der Waals surface area contributed by atoms with Crippen molar-refractivity contribution >= 4 is 35.1 Å². The number of carbonyl (C=O) groups excluding carboxylic acids is 1. The second kappa shape index (κ2) is 8.83. The molecule has 0 atom stereocenters. The Balaban J connectivity index is 1.85. The Hall–Kier alpha value is -3.66. The van der Waals surface area contributed by atoms with Crippen LogP contribution in [0, 0.1) is 6.92 Å². The fraction of sp³-hybridized carbons (Fsp3) is 0.143. The normalized spacial score (nSPS) is 11.7. The van der Waals surface area contributed by atoms with Crippen molar-refractivity contribution in [3.05, 3.63) is 70.4 Å². The van der Waals surface area contributed by atoms with Crippen LogP contribution in [0.3, 0.4) is 0 Å². The zero-order valence-electron chi connectivity index (χ0n) is 16.9. The molecule has 0 saturated heterocycles. The van der Waals surface area contributed by atoms with Crippen molar-refractivity contribution in [1.82, 2.24) is 9.66 Å². The van der Waals surface area contributed by atoms with E-state index in [9.17, 15) is 28.2 Å². The first-order chi connectivity index (χ1) is 15.0. The van der Waals surface area contributed by atoms with Crippen molar-refractivity contribution in [1.29, 1.82) is 0 Å². The van der Waals surface area contributed by atoms with E-state index < -0.39 is 28.7 Å². The fourth-order valence-corrected chi connectivity index (χ4v) is 3.11. The minimum atomic E-state index is -4.67. The van der Waals surface area contributed by atoms with Crippen molar-refractivity contribution in [3.8, 4) is 11.8 Å². The number of hydrogen-bond acceptors (Lipinski definition) is 5. The van der Waals surface area contributed by atoms with Crippen LogP contribution in [0.4, 0.5) is 24.7 Å². The third-order valence-electron chi connectivity index (χ3n) is 4.65. The Morgan fingerprint density at radius 1 is 1.16 bits per heavy atom. The minimum Gasteiger partial charge on any atom is -0.493 e. The average molecular weight is 467 g/mol. The predicted molar refractivity (Wildman–Crippen MR) is 115 cm³/mol. The van der Waals surface area contributed by atoms with E-state index in [1.54, 1.807) is 31.3 Å². The van der Waals surface area contributed by atoms with E-state index in [0.717, 1.165) is 16.8 Å². The van der Waals surface area contributed by atoms with Gasteiger partial charge in [0.15, 0.2) is 0 Å². The van der Waals surface area contributed by atoms with Gasteiger partial charge in [-0.25, -0.2) is 4.98 Å². The highest BCUT2D eigenvalue weighted by Gasteiger charge is 2.34. The molecule has 1 aromatic carbocycles. The molecular formula is C21H18ClF3N4O3. The number of nitrogens with one attached hydrogen (secondary N) is 1. The first-order valence-electron chi connectivity index (χ1n) is 9.15. The van der Waals surface area contributed by atoms with Crippen LogP contribution in [0.15, 0.2) is 48.5 Å². The second-order valence-electron chi connectivity index (χ2n) is 6.73. The molecule has 0 aliphatic rings. The fourth-order valence-electron chi connectivity index (χ4n) is 2.85. The van der Waals surface area contributed by atoms with E-state index in [0.29, 0.717) is 5.69 Å². The number of hydrogen-bond donors (Lipinski definition) is 3. The number of rotatable bonds is 5. The number of anilines is 2. The Labute approximate surface area is 186 Å². The number of likely N-dealkylation sites (N-methyl/N-ethyl adjacent to an activating group) is 1. The number of para-hydroxylation sites is 1. The van der Waals surface area contributed by atoms with Gasteiger partial charge in [-0.2, -0.15) is 17.8 Å². The summed E-state index contributed by atoms with van der Waals surface area (Å²) in [6.07, 6.45) is -2.14. The highest BCUT2D eigenvalue weighted by Crippen LogP contribution is 2.36. The van der Waals surface area contributed by atoms with Crippen LogP contribution in [0.2, 0.25) is 5.15 Å². The zero-order valence-corrected chi connectivity index (χ0v) is 17.6. The van der Waals surface area contributed by atoms with Crippen molar-refractivity contribution < 1.29 is 28.2 Å². The van der Waals surface area contributed by atoms with Gasteiger partial charge in [0, 0.05) is 29.9 Å². The second-order valence-corrected chi connectivity index (χ2v) is 7.09. The minimum absolute atomic E-state index is 0.128. The van der Waals surface area contributed by atoms with E-state index >= 15 is 0 Å². The van der Waals surface area contributed by atoms with Crippen LogP contribution in [-0.4, -0.2) is 32.8 Å². The number of carbonyl (C=O) groups is 1. The molecule has 0 fully saturated rings. The number of benzene rings is 1. The molecule has 0 unspecified atom stereocenters. The SMILES string of the molecule is Cc1c(C=CC(=O)N(C)c2ccccc2)c(O)n(Nc2ccc(C(F)(F)F)c(Cl)n2)c1O. The van der Waals surface area contributed by atoms with E-state index in [1.165, 1.54) is 24.0 Å². The van der Waals surface area contributed by atoms with E-state index in [-0.39, 0.29) is 22.9 Å². The summed E-state index contributed by atoms with van der Waals surface area (Å²) in [5.41, 5.74) is 2.37. The summed E-state index contributed by atoms with van der Waals surface area (Å²) in [5.74, 6) is -1.45. The zero-order chi connectivity index (χ0) is 23.6. The molecule has 3 N–H and O–H groups in total. The monoisotopic (exact) mass is 466 g/mol. The number of halogens is 4. The van der Waals surface area contributed by atoms with Gasteiger partial charge < -0.3 is 15.1 Å². The Morgan fingerprint density at radius 2 is 1.81 bits per heavy atom. The third-order valence-corrected chi connectivity index (χ3v) is 4.94.